The molecule has 0 amide bonds. The fraction of sp³-hybridized carbons (Fsp3) is 0.500. The van der Waals surface area contributed by atoms with Crippen LogP contribution in [-0.2, 0) is 11.3 Å². The molecule has 0 spiro atoms. The monoisotopic (exact) mass is 196 g/mol. The summed E-state index contributed by atoms with van der Waals surface area (Å²) in [5, 5.41) is 12.0. The Morgan fingerprint density at radius 1 is 1.64 bits per heavy atom. The van der Waals surface area contributed by atoms with Gasteiger partial charge >= 0.3 is 0 Å². The highest BCUT2D eigenvalue weighted by Crippen LogP contribution is 2.06. The topological polar surface area (TPSA) is 54.4 Å². The number of anilines is 1. The molecule has 1 atom stereocenters. The second-order valence-corrected chi connectivity index (χ2v) is 3.13. The summed E-state index contributed by atoms with van der Waals surface area (Å²) in [7, 11) is 1.67. The van der Waals surface area contributed by atoms with E-state index in [1.807, 2.05) is 13.0 Å². The molecule has 4 heteroatoms. The number of aliphatic hydroxyl groups is 1. The zero-order valence-electron chi connectivity index (χ0n) is 8.53. The van der Waals surface area contributed by atoms with Crippen LogP contribution in [0.3, 0.4) is 0 Å². The normalized spacial score (nSPS) is 12.5. The highest BCUT2D eigenvalue weighted by atomic mass is 16.5. The van der Waals surface area contributed by atoms with Gasteiger partial charge in [-0.05, 0) is 24.6 Å². The second kappa shape index (κ2) is 5.57. The van der Waals surface area contributed by atoms with E-state index in [0.717, 1.165) is 11.4 Å². The Bertz CT molecular complexity index is 279. The molecule has 78 valence electrons. The Morgan fingerprint density at radius 2 is 2.43 bits per heavy atom. The van der Waals surface area contributed by atoms with E-state index in [4.69, 9.17) is 9.84 Å². The van der Waals surface area contributed by atoms with Crippen molar-refractivity contribution in [3.63, 3.8) is 0 Å². The van der Waals surface area contributed by atoms with E-state index in [1.54, 1.807) is 19.4 Å². The first kappa shape index (κ1) is 10.9. The first-order valence-corrected chi connectivity index (χ1v) is 4.58. The Labute approximate surface area is 83.9 Å². The summed E-state index contributed by atoms with van der Waals surface area (Å²) in [5.41, 5.74) is 0.854. The highest BCUT2D eigenvalue weighted by Gasteiger charge is 2.00. The molecule has 0 aliphatic heterocycles. The molecule has 0 saturated heterocycles. The van der Waals surface area contributed by atoms with Gasteiger partial charge in [-0.3, -0.25) is 0 Å². The largest absolute Gasteiger partial charge is 0.392 e. The van der Waals surface area contributed by atoms with Gasteiger partial charge in [0.25, 0.3) is 0 Å². The molecular formula is C10H16N2O2. The van der Waals surface area contributed by atoms with Crippen LogP contribution in [0, 0.1) is 0 Å². The van der Waals surface area contributed by atoms with Crippen LogP contribution in [0.5, 0.6) is 0 Å². The Balaban J connectivity index is 2.50. The molecule has 0 aromatic carbocycles. The molecule has 14 heavy (non-hydrogen) atoms. The molecule has 1 aromatic rings. The summed E-state index contributed by atoms with van der Waals surface area (Å²) < 4.78 is 5.09. The molecule has 1 rings (SSSR count). The molecular weight excluding hydrogens is 180 g/mol. The summed E-state index contributed by atoms with van der Waals surface area (Å²) in [4.78, 5) is 4.12. The van der Waals surface area contributed by atoms with Crippen molar-refractivity contribution in [3.8, 4) is 0 Å². The van der Waals surface area contributed by atoms with Gasteiger partial charge in [0.15, 0.2) is 0 Å². The Hall–Kier alpha value is -1.13. The van der Waals surface area contributed by atoms with Crippen molar-refractivity contribution in [1.82, 2.24) is 4.98 Å². The predicted octanol–water partition coefficient (Wildman–Crippen LogP) is 1.02. The number of pyridine rings is 1. The summed E-state index contributed by atoms with van der Waals surface area (Å²) in [6, 6.07) is 3.60. The van der Waals surface area contributed by atoms with Crippen LogP contribution in [0.25, 0.3) is 0 Å². The quantitative estimate of drug-likeness (QED) is 0.738. The lowest BCUT2D eigenvalue weighted by molar-refractivity contribution is 0.128. The molecule has 0 radical (unpaired) electrons. The fourth-order valence-corrected chi connectivity index (χ4v) is 1.00. The molecule has 0 fully saturated rings. The SMILES string of the molecule is COC(C)CNc1cc(CO)ccn1. The van der Waals surface area contributed by atoms with Gasteiger partial charge in [-0.25, -0.2) is 4.98 Å². The molecule has 4 nitrogen and oxygen atoms in total. The number of nitrogens with zero attached hydrogens (tertiary/aromatic N) is 1. The minimum atomic E-state index is 0.0387. The minimum absolute atomic E-state index is 0.0387. The van der Waals surface area contributed by atoms with E-state index in [1.165, 1.54) is 0 Å². The van der Waals surface area contributed by atoms with E-state index >= 15 is 0 Å². The molecule has 0 bridgehead atoms. The maximum Gasteiger partial charge on any atom is 0.126 e. The van der Waals surface area contributed by atoms with Crippen molar-refractivity contribution in [2.24, 2.45) is 0 Å². The van der Waals surface area contributed by atoms with Crippen molar-refractivity contribution in [3.05, 3.63) is 23.9 Å². The molecule has 2 N–H and O–H groups in total. The van der Waals surface area contributed by atoms with Gasteiger partial charge in [-0.15, -0.1) is 0 Å². The average molecular weight is 196 g/mol. The van der Waals surface area contributed by atoms with Crippen LogP contribution in [0.15, 0.2) is 18.3 Å². The minimum Gasteiger partial charge on any atom is -0.392 e. The summed E-state index contributed by atoms with van der Waals surface area (Å²) in [6.45, 7) is 2.72. The molecule has 1 aromatic heterocycles. The van der Waals surface area contributed by atoms with Gasteiger partial charge in [0.1, 0.15) is 5.82 Å². The first-order valence-electron chi connectivity index (χ1n) is 4.58. The van der Waals surface area contributed by atoms with E-state index in [2.05, 4.69) is 10.3 Å². The highest BCUT2D eigenvalue weighted by molar-refractivity contribution is 5.37. The maximum absolute atomic E-state index is 8.91. The molecule has 0 saturated carbocycles. The van der Waals surface area contributed by atoms with Gasteiger partial charge in [-0.2, -0.15) is 0 Å². The predicted molar refractivity (Wildman–Crippen MR) is 55.1 cm³/mol. The number of hydrogen-bond donors (Lipinski definition) is 2. The Kier molecular flexibility index (Phi) is 4.35. The smallest absolute Gasteiger partial charge is 0.126 e. The van der Waals surface area contributed by atoms with Crippen LogP contribution in [-0.4, -0.2) is 29.8 Å². The molecule has 1 unspecified atom stereocenters. The fourth-order valence-electron chi connectivity index (χ4n) is 1.00. The zero-order valence-corrected chi connectivity index (χ0v) is 8.53. The number of rotatable bonds is 5. The van der Waals surface area contributed by atoms with E-state index < -0.39 is 0 Å². The van der Waals surface area contributed by atoms with Crippen LogP contribution in [0.1, 0.15) is 12.5 Å². The van der Waals surface area contributed by atoms with Crippen molar-refractivity contribution in [2.75, 3.05) is 19.0 Å². The number of methoxy groups -OCH3 is 1. The van der Waals surface area contributed by atoms with E-state index in [0.29, 0.717) is 6.54 Å². The first-order chi connectivity index (χ1) is 6.76. The maximum atomic E-state index is 8.91. The lowest BCUT2D eigenvalue weighted by atomic mass is 10.3. The third-order valence-electron chi connectivity index (χ3n) is 1.98. The molecule has 0 aliphatic carbocycles. The van der Waals surface area contributed by atoms with Crippen LogP contribution < -0.4 is 5.32 Å². The lowest BCUT2D eigenvalue weighted by Crippen LogP contribution is -2.18. The standard InChI is InChI=1S/C10H16N2O2/c1-8(14-2)6-12-10-5-9(7-13)3-4-11-10/h3-5,8,13H,6-7H2,1-2H3,(H,11,12). The van der Waals surface area contributed by atoms with Crippen molar-refractivity contribution in [2.45, 2.75) is 19.6 Å². The van der Waals surface area contributed by atoms with Crippen LogP contribution >= 0.6 is 0 Å². The van der Waals surface area contributed by atoms with Gasteiger partial charge in [-0.1, -0.05) is 0 Å². The zero-order chi connectivity index (χ0) is 10.4. The number of nitrogens with one attached hydrogen (secondary N) is 1. The van der Waals surface area contributed by atoms with Crippen molar-refractivity contribution >= 4 is 5.82 Å². The van der Waals surface area contributed by atoms with Crippen LogP contribution in [0.4, 0.5) is 5.82 Å². The van der Waals surface area contributed by atoms with Gasteiger partial charge in [0.05, 0.1) is 12.7 Å². The summed E-state index contributed by atoms with van der Waals surface area (Å²) in [5.74, 6) is 0.764. The van der Waals surface area contributed by atoms with Crippen LogP contribution in [0.2, 0.25) is 0 Å². The average Bonchev–Trinajstić information content (AvgIpc) is 2.26. The molecule has 0 aliphatic rings. The number of hydrogen-bond acceptors (Lipinski definition) is 4. The van der Waals surface area contributed by atoms with Crippen molar-refractivity contribution < 1.29 is 9.84 Å². The third kappa shape index (κ3) is 3.32. The number of aromatic nitrogens is 1. The third-order valence-corrected chi connectivity index (χ3v) is 1.98. The van der Waals surface area contributed by atoms with E-state index in [9.17, 15) is 0 Å². The van der Waals surface area contributed by atoms with Gasteiger partial charge < -0.3 is 15.2 Å². The second-order valence-electron chi connectivity index (χ2n) is 3.13. The van der Waals surface area contributed by atoms with Gasteiger partial charge in [0, 0.05) is 19.9 Å². The number of aliphatic hydroxyl groups excluding tert-OH is 1. The molecule has 1 heterocycles. The summed E-state index contributed by atoms with van der Waals surface area (Å²) >= 11 is 0. The Morgan fingerprint density at radius 3 is 3.07 bits per heavy atom. The van der Waals surface area contributed by atoms with Gasteiger partial charge in [0.2, 0.25) is 0 Å². The van der Waals surface area contributed by atoms with E-state index in [-0.39, 0.29) is 12.7 Å². The summed E-state index contributed by atoms with van der Waals surface area (Å²) in [6.07, 6.45) is 1.82. The lowest BCUT2D eigenvalue weighted by Gasteiger charge is -2.11. The number of ether oxygens (including phenoxy) is 1. The van der Waals surface area contributed by atoms with Crippen molar-refractivity contribution in [1.29, 1.82) is 0 Å².